The zero-order chi connectivity index (χ0) is 13.0. The van der Waals surface area contributed by atoms with Gasteiger partial charge in [0, 0.05) is 23.3 Å². The third-order valence-electron chi connectivity index (χ3n) is 3.60. The molecule has 0 aromatic heterocycles. The second kappa shape index (κ2) is 6.60. The first-order valence-corrected chi connectivity index (χ1v) is 7.62. The molecule has 3 atom stereocenters. The zero-order valence-corrected chi connectivity index (χ0v) is 12.1. The van der Waals surface area contributed by atoms with Gasteiger partial charge in [-0.1, -0.05) is 12.1 Å². The van der Waals surface area contributed by atoms with Crippen molar-refractivity contribution in [1.82, 2.24) is 0 Å². The fraction of sp³-hybridized carbons (Fsp3) is 0.600. The van der Waals surface area contributed by atoms with Crippen LogP contribution in [0.1, 0.15) is 44.2 Å². The maximum atomic E-state index is 5.93. The number of benzene rings is 1. The van der Waals surface area contributed by atoms with Gasteiger partial charge < -0.3 is 10.5 Å². The highest BCUT2D eigenvalue weighted by molar-refractivity contribution is 8.00. The molecule has 1 aromatic rings. The summed E-state index contributed by atoms with van der Waals surface area (Å²) in [6.07, 6.45) is 5.42. The van der Waals surface area contributed by atoms with E-state index >= 15 is 0 Å². The second-order valence-electron chi connectivity index (χ2n) is 5.13. The van der Waals surface area contributed by atoms with E-state index in [1.807, 2.05) is 25.8 Å². The monoisotopic (exact) mass is 265 g/mol. The molecule has 0 saturated heterocycles. The molecule has 3 unspecified atom stereocenters. The predicted octanol–water partition coefficient (Wildman–Crippen LogP) is 3.76. The van der Waals surface area contributed by atoms with Crippen molar-refractivity contribution in [3.05, 3.63) is 29.8 Å². The molecule has 0 aliphatic heterocycles. The molecule has 0 spiro atoms. The van der Waals surface area contributed by atoms with Crippen LogP contribution in [0.5, 0.6) is 0 Å². The molecule has 2 nitrogen and oxygen atoms in total. The molecule has 2 rings (SSSR count). The number of methoxy groups -OCH3 is 1. The van der Waals surface area contributed by atoms with Gasteiger partial charge in [-0.2, -0.15) is 0 Å². The Morgan fingerprint density at radius 2 is 2.22 bits per heavy atom. The fourth-order valence-corrected chi connectivity index (χ4v) is 3.83. The van der Waals surface area contributed by atoms with E-state index in [4.69, 9.17) is 10.5 Å². The fourth-order valence-electron chi connectivity index (χ4n) is 2.49. The van der Waals surface area contributed by atoms with Crippen molar-refractivity contribution in [2.24, 2.45) is 5.73 Å². The lowest BCUT2D eigenvalue weighted by atomic mass is 9.97. The van der Waals surface area contributed by atoms with Crippen LogP contribution in [0.3, 0.4) is 0 Å². The summed E-state index contributed by atoms with van der Waals surface area (Å²) in [6, 6.07) is 8.74. The molecule has 100 valence electrons. The van der Waals surface area contributed by atoms with E-state index in [1.165, 1.54) is 36.1 Å². The first-order valence-electron chi connectivity index (χ1n) is 6.74. The van der Waals surface area contributed by atoms with Crippen molar-refractivity contribution in [3.8, 4) is 0 Å². The molecule has 3 heteroatoms. The van der Waals surface area contributed by atoms with Gasteiger partial charge in [0.05, 0.1) is 6.10 Å². The summed E-state index contributed by atoms with van der Waals surface area (Å²) in [7, 11) is 1.83. The molecular formula is C15H23NOS. The largest absolute Gasteiger partial charge is 0.381 e. The van der Waals surface area contributed by atoms with Crippen LogP contribution in [0, 0.1) is 0 Å². The van der Waals surface area contributed by atoms with Crippen LogP contribution in [-0.4, -0.2) is 18.5 Å². The van der Waals surface area contributed by atoms with Gasteiger partial charge in [0.1, 0.15) is 0 Å². The molecule has 1 aliphatic rings. The first kappa shape index (κ1) is 13.9. The summed E-state index contributed by atoms with van der Waals surface area (Å²) in [6.45, 7) is 2.03. The van der Waals surface area contributed by atoms with Crippen LogP contribution in [0.25, 0.3) is 0 Å². The van der Waals surface area contributed by atoms with Crippen LogP contribution < -0.4 is 5.73 Å². The van der Waals surface area contributed by atoms with Crippen LogP contribution in [0.15, 0.2) is 29.2 Å². The van der Waals surface area contributed by atoms with Gasteiger partial charge in [-0.3, -0.25) is 0 Å². The Morgan fingerprint density at radius 3 is 2.94 bits per heavy atom. The molecule has 1 aliphatic carbocycles. The maximum absolute atomic E-state index is 5.93. The number of ether oxygens (including phenoxy) is 1. The summed E-state index contributed by atoms with van der Waals surface area (Å²) < 4.78 is 5.49. The van der Waals surface area contributed by atoms with Crippen LogP contribution in [-0.2, 0) is 4.74 Å². The van der Waals surface area contributed by atoms with Gasteiger partial charge in [0.25, 0.3) is 0 Å². The topological polar surface area (TPSA) is 35.2 Å². The van der Waals surface area contributed by atoms with E-state index in [0.717, 1.165) is 0 Å². The van der Waals surface area contributed by atoms with Crippen molar-refractivity contribution < 1.29 is 4.74 Å². The molecule has 18 heavy (non-hydrogen) atoms. The molecule has 0 bridgehead atoms. The molecule has 1 fully saturated rings. The minimum atomic E-state index is 0.114. The minimum Gasteiger partial charge on any atom is -0.381 e. The number of hydrogen-bond donors (Lipinski definition) is 1. The molecule has 0 heterocycles. The lowest BCUT2D eigenvalue weighted by Gasteiger charge is -2.27. The highest BCUT2D eigenvalue weighted by Crippen LogP contribution is 2.35. The van der Waals surface area contributed by atoms with Gasteiger partial charge in [-0.05, 0) is 50.3 Å². The van der Waals surface area contributed by atoms with Crippen LogP contribution in [0.4, 0.5) is 0 Å². The number of nitrogens with two attached hydrogens (primary N) is 1. The standard InChI is InChI=1S/C15H23NOS/c1-11(16)12-5-3-7-14(9-12)18-15-8-4-6-13(10-15)17-2/h3,5,7,9,11,13,15H,4,6,8,10,16H2,1-2H3. The first-order chi connectivity index (χ1) is 8.69. The Balaban J connectivity index is 1.98. The Kier molecular flexibility index (Phi) is 5.10. The van der Waals surface area contributed by atoms with Gasteiger partial charge in [0.2, 0.25) is 0 Å². The smallest absolute Gasteiger partial charge is 0.0582 e. The Labute approximate surface area is 114 Å². The predicted molar refractivity (Wildman–Crippen MR) is 78.0 cm³/mol. The van der Waals surface area contributed by atoms with Crippen molar-refractivity contribution in [1.29, 1.82) is 0 Å². The van der Waals surface area contributed by atoms with Crippen molar-refractivity contribution >= 4 is 11.8 Å². The van der Waals surface area contributed by atoms with E-state index in [9.17, 15) is 0 Å². The molecule has 2 N–H and O–H groups in total. The normalized spacial score (nSPS) is 25.9. The maximum Gasteiger partial charge on any atom is 0.0582 e. The van der Waals surface area contributed by atoms with E-state index in [1.54, 1.807) is 0 Å². The second-order valence-corrected chi connectivity index (χ2v) is 6.50. The van der Waals surface area contributed by atoms with Gasteiger partial charge in [0.15, 0.2) is 0 Å². The Hall–Kier alpha value is -0.510. The lowest BCUT2D eigenvalue weighted by Crippen LogP contribution is -2.23. The number of hydrogen-bond acceptors (Lipinski definition) is 3. The number of thioether (sulfide) groups is 1. The summed E-state index contributed by atoms with van der Waals surface area (Å²) in [5.74, 6) is 0. The highest BCUT2D eigenvalue weighted by Gasteiger charge is 2.22. The average molecular weight is 265 g/mol. The lowest BCUT2D eigenvalue weighted by molar-refractivity contribution is 0.0730. The van der Waals surface area contributed by atoms with Crippen molar-refractivity contribution in [3.63, 3.8) is 0 Å². The number of rotatable bonds is 4. The van der Waals surface area contributed by atoms with Crippen molar-refractivity contribution in [2.75, 3.05) is 7.11 Å². The molecular weight excluding hydrogens is 242 g/mol. The van der Waals surface area contributed by atoms with Gasteiger partial charge in [-0.25, -0.2) is 0 Å². The zero-order valence-electron chi connectivity index (χ0n) is 11.3. The van der Waals surface area contributed by atoms with Gasteiger partial charge >= 0.3 is 0 Å². The van der Waals surface area contributed by atoms with Crippen LogP contribution in [0.2, 0.25) is 0 Å². The third kappa shape index (κ3) is 3.74. The minimum absolute atomic E-state index is 0.114. The quantitative estimate of drug-likeness (QED) is 0.900. The van der Waals surface area contributed by atoms with E-state index in [-0.39, 0.29) is 6.04 Å². The average Bonchev–Trinajstić information content (AvgIpc) is 2.39. The highest BCUT2D eigenvalue weighted by atomic mass is 32.2. The molecule has 0 radical (unpaired) electrons. The summed E-state index contributed by atoms with van der Waals surface area (Å²) in [5.41, 5.74) is 7.15. The molecule has 1 aromatic carbocycles. The van der Waals surface area contributed by atoms with E-state index < -0.39 is 0 Å². The van der Waals surface area contributed by atoms with Crippen LogP contribution >= 0.6 is 11.8 Å². The summed E-state index contributed by atoms with van der Waals surface area (Å²) in [5, 5.41) is 0.687. The SMILES string of the molecule is COC1CCCC(Sc2cccc(C(C)N)c2)C1. The summed E-state index contributed by atoms with van der Waals surface area (Å²) in [4.78, 5) is 1.34. The Bertz CT molecular complexity index is 381. The van der Waals surface area contributed by atoms with E-state index in [0.29, 0.717) is 11.4 Å². The van der Waals surface area contributed by atoms with Gasteiger partial charge in [-0.15, -0.1) is 11.8 Å². The third-order valence-corrected chi connectivity index (χ3v) is 4.89. The summed E-state index contributed by atoms with van der Waals surface area (Å²) >= 11 is 1.98. The van der Waals surface area contributed by atoms with E-state index in [2.05, 4.69) is 24.3 Å². The Morgan fingerprint density at radius 1 is 1.39 bits per heavy atom. The molecule has 1 saturated carbocycles. The molecule has 0 amide bonds. The van der Waals surface area contributed by atoms with Crippen molar-refractivity contribution in [2.45, 2.75) is 54.9 Å².